The quantitative estimate of drug-likeness (QED) is 0.866. The number of hydrogen-bond acceptors (Lipinski definition) is 3. The lowest BCUT2D eigenvalue weighted by Gasteiger charge is -2.59. The fraction of sp³-hybridized carbons (Fsp3) is 0.545. The highest BCUT2D eigenvalue weighted by atomic mass is 16.4. The predicted molar refractivity (Wildman–Crippen MR) is 97.5 cm³/mol. The number of carbonyl (C=O) groups is 1. The Morgan fingerprint density at radius 2 is 1.73 bits per heavy atom. The van der Waals surface area contributed by atoms with Gasteiger partial charge in [-0.05, 0) is 74.8 Å². The molecule has 0 saturated heterocycles. The molecule has 0 unspecified atom stereocenters. The Kier molecular flexibility index (Phi) is 3.53. The molecule has 0 atom stereocenters. The normalized spacial score (nSPS) is 35.0. The van der Waals surface area contributed by atoms with Crippen molar-refractivity contribution < 1.29 is 14.3 Å². The van der Waals surface area contributed by atoms with E-state index in [0.29, 0.717) is 24.1 Å². The van der Waals surface area contributed by atoms with Crippen molar-refractivity contribution in [3.8, 4) is 11.5 Å². The van der Waals surface area contributed by atoms with Crippen molar-refractivity contribution in [1.29, 1.82) is 0 Å². The van der Waals surface area contributed by atoms with Crippen LogP contribution in [0.15, 0.2) is 34.9 Å². The summed E-state index contributed by atoms with van der Waals surface area (Å²) in [6, 6.07) is 8.08. The Balaban J connectivity index is 1.46. The van der Waals surface area contributed by atoms with Crippen LogP contribution >= 0.6 is 0 Å². The van der Waals surface area contributed by atoms with Crippen molar-refractivity contribution >= 4 is 5.97 Å². The van der Waals surface area contributed by atoms with Gasteiger partial charge in [0.25, 0.3) is 0 Å². The maximum absolute atomic E-state index is 12.5. The van der Waals surface area contributed by atoms with Crippen molar-refractivity contribution in [3.63, 3.8) is 0 Å². The molecule has 4 heteroatoms. The molecule has 0 amide bonds. The van der Waals surface area contributed by atoms with Crippen LogP contribution in [0.5, 0.6) is 0 Å². The van der Waals surface area contributed by atoms with Gasteiger partial charge in [-0.25, -0.2) is 4.98 Å². The molecule has 4 bridgehead atoms. The summed E-state index contributed by atoms with van der Waals surface area (Å²) in [5.74, 6) is 2.08. The number of aliphatic carboxylic acids is 1. The van der Waals surface area contributed by atoms with E-state index in [1.54, 1.807) is 6.26 Å². The average Bonchev–Trinajstić information content (AvgIpc) is 3.06. The molecule has 0 spiro atoms. The Morgan fingerprint density at radius 3 is 2.31 bits per heavy atom. The van der Waals surface area contributed by atoms with Crippen molar-refractivity contribution in [2.75, 3.05) is 0 Å². The third-order valence-corrected chi connectivity index (χ3v) is 7.32. The Hall–Kier alpha value is -2.10. The van der Waals surface area contributed by atoms with Crippen molar-refractivity contribution in [2.45, 2.75) is 45.4 Å². The molecule has 26 heavy (non-hydrogen) atoms. The molecular weight excluding hydrogens is 326 g/mol. The van der Waals surface area contributed by atoms with Gasteiger partial charge in [0.05, 0.1) is 11.1 Å². The number of carboxylic acids is 1. The molecule has 0 radical (unpaired) electrons. The van der Waals surface area contributed by atoms with Crippen LogP contribution in [0.1, 0.15) is 43.4 Å². The van der Waals surface area contributed by atoms with Gasteiger partial charge in [-0.2, -0.15) is 0 Å². The van der Waals surface area contributed by atoms with E-state index in [1.165, 1.54) is 12.0 Å². The second-order valence-electron chi connectivity index (χ2n) is 8.84. The van der Waals surface area contributed by atoms with Crippen molar-refractivity contribution in [1.82, 2.24) is 4.98 Å². The largest absolute Gasteiger partial charge is 0.481 e. The number of hydrogen-bond donors (Lipinski definition) is 1. The number of benzene rings is 1. The maximum Gasteiger partial charge on any atom is 0.310 e. The predicted octanol–water partition coefficient (Wildman–Crippen LogP) is 4.72. The van der Waals surface area contributed by atoms with Gasteiger partial charge in [0.15, 0.2) is 0 Å². The van der Waals surface area contributed by atoms with E-state index in [1.807, 2.05) is 31.2 Å². The highest BCUT2D eigenvalue weighted by Gasteiger charge is 2.61. The zero-order valence-corrected chi connectivity index (χ0v) is 15.1. The van der Waals surface area contributed by atoms with Gasteiger partial charge < -0.3 is 9.52 Å². The van der Waals surface area contributed by atoms with Crippen LogP contribution in [0.4, 0.5) is 0 Å². The molecule has 4 aliphatic carbocycles. The molecule has 2 aromatic rings. The number of carboxylic acid groups (broad SMARTS) is 1. The first kappa shape index (κ1) is 16.1. The fourth-order valence-electron chi connectivity index (χ4n) is 6.26. The number of rotatable bonds is 4. The molecule has 6 rings (SSSR count). The summed E-state index contributed by atoms with van der Waals surface area (Å²) in [5, 5.41) is 10.3. The Bertz CT molecular complexity index is 807. The van der Waals surface area contributed by atoms with E-state index in [9.17, 15) is 9.90 Å². The van der Waals surface area contributed by atoms with E-state index in [4.69, 9.17) is 4.42 Å². The molecule has 4 nitrogen and oxygen atoms in total. The summed E-state index contributed by atoms with van der Waals surface area (Å²) in [7, 11) is 0. The van der Waals surface area contributed by atoms with Gasteiger partial charge in [-0.3, -0.25) is 4.79 Å². The van der Waals surface area contributed by atoms with E-state index in [2.05, 4.69) is 4.98 Å². The Labute approximate surface area is 153 Å². The fourth-order valence-corrected chi connectivity index (χ4v) is 6.26. The van der Waals surface area contributed by atoms with Crippen LogP contribution in [0, 0.1) is 36.0 Å². The summed E-state index contributed by atoms with van der Waals surface area (Å²) in [5.41, 5.74) is 2.28. The van der Waals surface area contributed by atoms with Gasteiger partial charge >= 0.3 is 5.97 Å². The molecule has 0 aliphatic heterocycles. The average molecular weight is 351 g/mol. The summed E-state index contributed by atoms with van der Waals surface area (Å²) < 4.78 is 5.70. The molecule has 1 aromatic heterocycles. The molecular formula is C22H25NO3. The third kappa shape index (κ3) is 2.34. The summed E-state index contributed by atoms with van der Waals surface area (Å²) >= 11 is 0. The van der Waals surface area contributed by atoms with Crippen molar-refractivity contribution in [2.24, 2.45) is 29.1 Å². The minimum Gasteiger partial charge on any atom is -0.481 e. The number of nitrogens with zero attached hydrogens (tertiary/aromatic N) is 1. The number of oxazole rings is 1. The lowest BCUT2D eigenvalue weighted by atomic mass is 9.44. The topological polar surface area (TPSA) is 63.3 Å². The third-order valence-electron chi connectivity index (χ3n) is 7.32. The van der Waals surface area contributed by atoms with Gasteiger partial charge in [-0.1, -0.05) is 17.7 Å². The molecule has 1 aromatic carbocycles. The first-order valence-corrected chi connectivity index (χ1v) is 9.79. The molecule has 4 saturated carbocycles. The minimum absolute atomic E-state index is 0.302. The Morgan fingerprint density at radius 1 is 1.12 bits per heavy atom. The van der Waals surface area contributed by atoms with E-state index >= 15 is 0 Å². The zero-order chi connectivity index (χ0) is 17.9. The van der Waals surface area contributed by atoms with Crippen LogP contribution in [-0.2, 0) is 11.2 Å². The molecule has 136 valence electrons. The number of aryl methyl sites for hydroxylation is 1. The van der Waals surface area contributed by atoms with Crippen molar-refractivity contribution in [3.05, 3.63) is 41.8 Å². The first-order chi connectivity index (χ1) is 12.5. The lowest BCUT2D eigenvalue weighted by molar-refractivity contribution is -0.177. The van der Waals surface area contributed by atoms with Crippen LogP contribution in [0.25, 0.3) is 11.5 Å². The second kappa shape index (κ2) is 5.70. The second-order valence-corrected chi connectivity index (χ2v) is 8.84. The zero-order valence-electron chi connectivity index (χ0n) is 15.1. The van der Waals surface area contributed by atoms with Gasteiger partial charge in [-0.15, -0.1) is 0 Å². The van der Waals surface area contributed by atoms with Crippen LogP contribution in [-0.4, -0.2) is 16.1 Å². The molecule has 1 heterocycles. The van der Waals surface area contributed by atoms with E-state index in [-0.39, 0.29) is 0 Å². The van der Waals surface area contributed by atoms with E-state index < -0.39 is 11.4 Å². The minimum atomic E-state index is -0.644. The van der Waals surface area contributed by atoms with E-state index in [0.717, 1.165) is 48.8 Å². The standard InChI is InChI=1S/C22H25NO3/c1-13-2-4-16(5-3-13)20-23-19(12-26-20)11-22(21(24)25)17-7-14-6-15(9-17)10-18(22)8-14/h2-5,12,14-15,17-18H,6-11H2,1H3,(H,24,25). The highest BCUT2D eigenvalue weighted by Crippen LogP contribution is 2.63. The monoisotopic (exact) mass is 351 g/mol. The molecule has 1 N–H and O–H groups in total. The maximum atomic E-state index is 12.5. The van der Waals surface area contributed by atoms with Gasteiger partial charge in [0.1, 0.15) is 6.26 Å². The summed E-state index contributed by atoms with van der Waals surface area (Å²) in [6.07, 6.45) is 7.84. The number of aromatic nitrogens is 1. The van der Waals surface area contributed by atoms with Crippen LogP contribution in [0.3, 0.4) is 0 Å². The molecule has 4 fully saturated rings. The lowest BCUT2D eigenvalue weighted by Crippen LogP contribution is -2.57. The van der Waals surface area contributed by atoms with Crippen LogP contribution in [0.2, 0.25) is 0 Å². The first-order valence-electron chi connectivity index (χ1n) is 9.79. The van der Waals surface area contributed by atoms with Gasteiger partial charge in [0, 0.05) is 12.0 Å². The molecule has 4 aliphatic rings. The SMILES string of the molecule is Cc1ccc(-c2nc(CC3(C(=O)O)C4CC5CC(C4)CC3C5)co2)cc1. The van der Waals surface area contributed by atoms with Gasteiger partial charge in [0.2, 0.25) is 5.89 Å². The highest BCUT2D eigenvalue weighted by molar-refractivity contribution is 5.76. The summed E-state index contributed by atoms with van der Waals surface area (Å²) in [6.45, 7) is 2.05. The van der Waals surface area contributed by atoms with Crippen LogP contribution < -0.4 is 0 Å². The summed E-state index contributed by atoms with van der Waals surface area (Å²) in [4.78, 5) is 17.1. The smallest absolute Gasteiger partial charge is 0.310 e.